The summed E-state index contributed by atoms with van der Waals surface area (Å²) in [4.78, 5) is 21.6. The van der Waals surface area contributed by atoms with Crippen LogP contribution in [0.15, 0.2) is 0 Å². The second-order valence-corrected chi connectivity index (χ2v) is 3.74. The minimum Gasteiger partial charge on any atom is -0.481 e. The average Bonchev–Trinajstić information content (AvgIpc) is 2.92. The van der Waals surface area contributed by atoms with E-state index in [9.17, 15) is 9.59 Å². The quantitative estimate of drug-likeness (QED) is 0.513. The maximum atomic E-state index is 11.5. The standard InChI is InChI=1S/C9H16N2O3/c10-6-9(3-4-9)8(14)11-5-1-2-7(12)13/h1-6,10H2,(H,11,14)(H,12,13). The van der Waals surface area contributed by atoms with Crippen molar-refractivity contribution in [3.63, 3.8) is 0 Å². The number of rotatable bonds is 6. The summed E-state index contributed by atoms with van der Waals surface area (Å²) in [5, 5.41) is 11.1. The summed E-state index contributed by atoms with van der Waals surface area (Å²) in [6.45, 7) is 0.810. The molecule has 1 amide bonds. The smallest absolute Gasteiger partial charge is 0.303 e. The number of carboxylic acid groups (broad SMARTS) is 1. The molecule has 0 aliphatic heterocycles. The molecule has 5 heteroatoms. The van der Waals surface area contributed by atoms with Crippen LogP contribution >= 0.6 is 0 Å². The molecule has 80 valence electrons. The Morgan fingerprint density at radius 3 is 2.50 bits per heavy atom. The molecule has 0 atom stereocenters. The van der Waals surface area contributed by atoms with Crippen molar-refractivity contribution in [2.75, 3.05) is 13.1 Å². The van der Waals surface area contributed by atoms with Crippen molar-refractivity contribution in [2.24, 2.45) is 11.1 Å². The van der Waals surface area contributed by atoms with Gasteiger partial charge in [0.1, 0.15) is 0 Å². The van der Waals surface area contributed by atoms with Gasteiger partial charge in [-0.05, 0) is 19.3 Å². The maximum Gasteiger partial charge on any atom is 0.303 e. The Morgan fingerprint density at radius 2 is 2.07 bits per heavy atom. The van der Waals surface area contributed by atoms with Crippen molar-refractivity contribution in [3.05, 3.63) is 0 Å². The highest BCUT2D eigenvalue weighted by molar-refractivity contribution is 5.85. The van der Waals surface area contributed by atoms with Crippen LogP contribution in [0.25, 0.3) is 0 Å². The van der Waals surface area contributed by atoms with E-state index in [0.29, 0.717) is 19.5 Å². The highest BCUT2D eigenvalue weighted by Gasteiger charge is 2.48. The first-order valence-corrected chi connectivity index (χ1v) is 4.81. The molecule has 14 heavy (non-hydrogen) atoms. The maximum absolute atomic E-state index is 11.5. The fraction of sp³-hybridized carbons (Fsp3) is 0.778. The molecule has 5 nitrogen and oxygen atoms in total. The van der Waals surface area contributed by atoms with Gasteiger partial charge < -0.3 is 16.2 Å². The fourth-order valence-electron chi connectivity index (χ4n) is 1.30. The van der Waals surface area contributed by atoms with Crippen LogP contribution in [0.5, 0.6) is 0 Å². The van der Waals surface area contributed by atoms with E-state index >= 15 is 0 Å². The first-order chi connectivity index (χ1) is 6.60. The first-order valence-electron chi connectivity index (χ1n) is 4.81. The number of hydrogen-bond acceptors (Lipinski definition) is 3. The third kappa shape index (κ3) is 2.70. The summed E-state index contributed by atoms with van der Waals surface area (Å²) in [7, 11) is 0. The van der Waals surface area contributed by atoms with Crippen molar-refractivity contribution < 1.29 is 14.7 Å². The molecule has 0 aromatic heterocycles. The summed E-state index contributed by atoms with van der Waals surface area (Å²) < 4.78 is 0. The van der Waals surface area contributed by atoms with E-state index in [2.05, 4.69) is 5.32 Å². The largest absolute Gasteiger partial charge is 0.481 e. The van der Waals surface area contributed by atoms with Gasteiger partial charge in [-0.15, -0.1) is 0 Å². The Morgan fingerprint density at radius 1 is 1.43 bits per heavy atom. The zero-order valence-corrected chi connectivity index (χ0v) is 8.08. The second-order valence-electron chi connectivity index (χ2n) is 3.74. The Labute approximate surface area is 82.7 Å². The molecule has 1 saturated carbocycles. The van der Waals surface area contributed by atoms with Crippen molar-refractivity contribution in [1.29, 1.82) is 0 Å². The average molecular weight is 200 g/mol. The molecule has 0 aromatic rings. The number of carbonyl (C=O) groups is 2. The van der Waals surface area contributed by atoms with Gasteiger partial charge in [0.15, 0.2) is 0 Å². The van der Waals surface area contributed by atoms with Gasteiger partial charge in [-0.2, -0.15) is 0 Å². The molecule has 0 spiro atoms. The van der Waals surface area contributed by atoms with E-state index in [0.717, 1.165) is 12.8 Å². The third-order valence-corrected chi connectivity index (χ3v) is 2.58. The lowest BCUT2D eigenvalue weighted by molar-refractivity contribution is -0.137. The highest BCUT2D eigenvalue weighted by atomic mass is 16.4. The fourth-order valence-corrected chi connectivity index (χ4v) is 1.30. The van der Waals surface area contributed by atoms with Gasteiger partial charge in [0.25, 0.3) is 0 Å². The van der Waals surface area contributed by atoms with Crippen molar-refractivity contribution in [3.8, 4) is 0 Å². The van der Waals surface area contributed by atoms with Gasteiger partial charge in [0, 0.05) is 19.5 Å². The lowest BCUT2D eigenvalue weighted by Gasteiger charge is -2.11. The van der Waals surface area contributed by atoms with Crippen molar-refractivity contribution >= 4 is 11.9 Å². The SMILES string of the molecule is NCC1(C(=O)NCCCC(=O)O)CC1. The molecule has 0 saturated heterocycles. The normalized spacial score (nSPS) is 17.5. The Bertz CT molecular complexity index is 236. The molecule has 1 fully saturated rings. The summed E-state index contributed by atoms with van der Waals surface area (Å²) >= 11 is 0. The van der Waals surface area contributed by atoms with Crippen LogP contribution in [0.1, 0.15) is 25.7 Å². The molecule has 0 heterocycles. The first kappa shape index (κ1) is 11.0. The Balaban J connectivity index is 2.13. The number of aliphatic carboxylic acids is 1. The van der Waals surface area contributed by atoms with Gasteiger partial charge in [-0.25, -0.2) is 0 Å². The lowest BCUT2D eigenvalue weighted by Crippen LogP contribution is -2.37. The van der Waals surface area contributed by atoms with Gasteiger partial charge in [0.05, 0.1) is 5.41 Å². The van der Waals surface area contributed by atoms with Crippen LogP contribution in [-0.2, 0) is 9.59 Å². The van der Waals surface area contributed by atoms with E-state index in [1.165, 1.54) is 0 Å². The van der Waals surface area contributed by atoms with Crippen LogP contribution in [0.4, 0.5) is 0 Å². The van der Waals surface area contributed by atoms with Crippen LogP contribution in [0, 0.1) is 5.41 Å². The molecule has 1 aliphatic rings. The molecule has 0 unspecified atom stereocenters. The zero-order chi connectivity index (χ0) is 10.6. The summed E-state index contributed by atoms with van der Waals surface area (Å²) in [6.07, 6.45) is 2.28. The van der Waals surface area contributed by atoms with E-state index < -0.39 is 5.97 Å². The topological polar surface area (TPSA) is 92.4 Å². The van der Waals surface area contributed by atoms with Crippen LogP contribution in [-0.4, -0.2) is 30.1 Å². The number of nitrogens with two attached hydrogens (primary N) is 1. The number of amides is 1. The highest BCUT2D eigenvalue weighted by Crippen LogP contribution is 2.44. The Hall–Kier alpha value is -1.10. The monoisotopic (exact) mass is 200 g/mol. The van der Waals surface area contributed by atoms with E-state index in [1.807, 2.05) is 0 Å². The van der Waals surface area contributed by atoms with Gasteiger partial charge >= 0.3 is 5.97 Å². The lowest BCUT2D eigenvalue weighted by atomic mass is 10.1. The molecule has 4 N–H and O–H groups in total. The predicted octanol–water partition coefficient (Wildman–Crippen LogP) is -0.294. The van der Waals surface area contributed by atoms with E-state index in [1.54, 1.807) is 0 Å². The van der Waals surface area contributed by atoms with E-state index in [4.69, 9.17) is 10.8 Å². The molecule has 1 aliphatic carbocycles. The van der Waals surface area contributed by atoms with Crippen LogP contribution in [0.3, 0.4) is 0 Å². The van der Waals surface area contributed by atoms with Crippen LogP contribution in [0.2, 0.25) is 0 Å². The number of hydrogen-bond donors (Lipinski definition) is 3. The van der Waals surface area contributed by atoms with Gasteiger partial charge in [0.2, 0.25) is 5.91 Å². The summed E-state index contributed by atoms with van der Waals surface area (Å²) in [5.41, 5.74) is 5.14. The number of nitrogens with one attached hydrogen (secondary N) is 1. The number of carbonyl (C=O) groups excluding carboxylic acids is 1. The van der Waals surface area contributed by atoms with E-state index in [-0.39, 0.29) is 17.7 Å². The van der Waals surface area contributed by atoms with Crippen molar-refractivity contribution in [1.82, 2.24) is 5.32 Å². The molecule has 1 rings (SSSR count). The van der Waals surface area contributed by atoms with Crippen LogP contribution < -0.4 is 11.1 Å². The molecule has 0 aromatic carbocycles. The minimum absolute atomic E-state index is 0.0228. The zero-order valence-electron chi connectivity index (χ0n) is 8.08. The number of carboxylic acids is 1. The minimum atomic E-state index is -0.834. The van der Waals surface area contributed by atoms with Crippen molar-refractivity contribution in [2.45, 2.75) is 25.7 Å². The van der Waals surface area contributed by atoms with Gasteiger partial charge in [-0.3, -0.25) is 9.59 Å². The Kier molecular flexibility index (Phi) is 3.46. The molecular formula is C9H16N2O3. The second kappa shape index (κ2) is 4.41. The molecule has 0 radical (unpaired) electrons. The molecular weight excluding hydrogens is 184 g/mol. The third-order valence-electron chi connectivity index (χ3n) is 2.58. The summed E-state index contributed by atoms with van der Waals surface area (Å²) in [6, 6.07) is 0. The predicted molar refractivity (Wildman–Crippen MR) is 50.6 cm³/mol. The summed E-state index contributed by atoms with van der Waals surface area (Å²) in [5.74, 6) is -0.857. The molecule has 0 bridgehead atoms. The van der Waals surface area contributed by atoms with Gasteiger partial charge in [-0.1, -0.05) is 0 Å².